The van der Waals surface area contributed by atoms with E-state index in [1.54, 1.807) is 0 Å². The summed E-state index contributed by atoms with van der Waals surface area (Å²) in [6, 6.07) is 9.33. The van der Waals surface area contributed by atoms with Crippen LogP contribution in [0.15, 0.2) is 42.0 Å². The van der Waals surface area contributed by atoms with Gasteiger partial charge >= 0.3 is 5.97 Å². The number of ether oxygens (including phenoxy) is 2. The molecule has 0 aromatic heterocycles. The Morgan fingerprint density at radius 2 is 2.00 bits per heavy atom. The van der Waals surface area contributed by atoms with Crippen molar-refractivity contribution in [3.63, 3.8) is 0 Å². The van der Waals surface area contributed by atoms with Crippen molar-refractivity contribution in [1.82, 2.24) is 0 Å². The predicted octanol–water partition coefficient (Wildman–Crippen LogP) is 3.85. The van der Waals surface area contributed by atoms with Gasteiger partial charge in [0.2, 0.25) is 0 Å². The molecule has 0 amide bonds. The molecular formula is C19H24O3. The molecule has 0 radical (unpaired) electrons. The molecule has 1 aromatic rings. The van der Waals surface area contributed by atoms with Crippen molar-refractivity contribution >= 4 is 5.97 Å². The van der Waals surface area contributed by atoms with Gasteiger partial charge in [-0.15, -0.1) is 0 Å². The Hall–Kier alpha value is -1.77. The maximum absolute atomic E-state index is 11.8. The fraction of sp³-hybridized carbons (Fsp3) is 0.526. The minimum Gasteiger partial charge on any atom is -0.482 e. The Morgan fingerprint density at radius 3 is 2.73 bits per heavy atom. The fourth-order valence-corrected chi connectivity index (χ4v) is 3.57. The maximum atomic E-state index is 11.8. The first-order chi connectivity index (χ1) is 10.5. The molecule has 3 unspecified atom stereocenters. The number of hydrogen-bond donors (Lipinski definition) is 0. The molecule has 0 bridgehead atoms. The highest BCUT2D eigenvalue weighted by Crippen LogP contribution is 2.64. The van der Waals surface area contributed by atoms with Crippen LogP contribution in [-0.2, 0) is 9.53 Å². The van der Waals surface area contributed by atoms with Gasteiger partial charge in [-0.1, -0.05) is 43.7 Å². The normalized spacial score (nSPS) is 28.3. The van der Waals surface area contributed by atoms with E-state index in [1.165, 1.54) is 5.57 Å². The standard InChI is InChI=1S/C19H24O3/c1-13-9-16-17(19(16,2)3)10-14(13)11-22-18(20)12-21-15-7-5-4-6-8-15/h4-9,14,16-17H,10-12H2,1-3H3. The zero-order valence-electron chi connectivity index (χ0n) is 13.5. The molecule has 3 nitrogen and oxygen atoms in total. The molecule has 0 saturated heterocycles. The van der Waals surface area contributed by atoms with Gasteiger partial charge in [-0.05, 0) is 42.7 Å². The van der Waals surface area contributed by atoms with Crippen LogP contribution in [0.4, 0.5) is 0 Å². The van der Waals surface area contributed by atoms with Crippen LogP contribution in [0.1, 0.15) is 27.2 Å². The minimum absolute atomic E-state index is 0.0307. The zero-order valence-corrected chi connectivity index (χ0v) is 13.5. The Labute approximate surface area is 132 Å². The van der Waals surface area contributed by atoms with Gasteiger partial charge in [-0.25, -0.2) is 4.79 Å². The Morgan fingerprint density at radius 1 is 1.27 bits per heavy atom. The zero-order chi connectivity index (χ0) is 15.7. The molecular weight excluding hydrogens is 276 g/mol. The van der Waals surface area contributed by atoms with Gasteiger partial charge < -0.3 is 9.47 Å². The Balaban J connectivity index is 1.44. The summed E-state index contributed by atoms with van der Waals surface area (Å²) in [5.41, 5.74) is 1.79. The maximum Gasteiger partial charge on any atom is 0.344 e. The molecule has 0 N–H and O–H groups in total. The Kier molecular flexibility index (Phi) is 3.98. The molecule has 1 fully saturated rings. The van der Waals surface area contributed by atoms with Gasteiger partial charge in [0.25, 0.3) is 0 Å². The van der Waals surface area contributed by atoms with Crippen molar-refractivity contribution in [2.45, 2.75) is 27.2 Å². The lowest BCUT2D eigenvalue weighted by Crippen LogP contribution is -2.21. The molecule has 1 saturated carbocycles. The smallest absolute Gasteiger partial charge is 0.344 e. The number of esters is 1. The van der Waals surface area contributed by atoms with Crippen molar-refractivity contribution in [1.29, 1.82) is 0 Å². The van der Waals surface area contributed by atoms with Crippen molar-refractivity contribution in [2.24, 2.45) is 23.2 Å². The second-order valence-electron chi connectivity index (χ2n) is 7.08. The summed E-state index contributed by atoms with van der Waals surface area (Å²) in [5.74, 6) is 2.23. The first-order valence-corrected chi connectivity index (χ1v) is 8.00. The molecule has 3 rings (SSSR count). The Bertz CT molecular complexity index is 574. The summed E-state index contributed by atoms with van der Waals surface area (Å²) >= 11 is 0. The van der Waals surface area contributed by atoms with Crippen molar-refractivity contribution in [3.8, 4) is 5.75 Å². The summed E-state index contributed by atoms with van der Waals surface area (Å²) in [7, 11) is 0. The van der Waals surface area contributed by atoms with Crippen molar-refractivity contribution in [2.75, 3.05) is 13.2 Å². The summed E-state index contributed by atoms with van der Waals surface area (Å²) < 4.78 is 10.8. The number of allylic oxidation sites excluding steroid dienone is 1. The van der Waals surface area contributed by atoms with E-state index in [2.05, 4.69) is 26.8 Å². The third-order valence-electron chi connectivity index (χ3n) is 5.31. The fourth-order valence-electron chi connectivity index (χ4n) is 3.57. The van der Waals surface area contributed by atoms with E-state index >= 15 is 0 Å². The van der Waals surface area contributed by atoms with Crippen molar-refractivity contribution in [3.05, 3.63) is 42.0 Å². The number of benzene rings is 1. The molecule has 2 aliphatic carbocycles. The van der Waals surface area contributed by atoms with Gasteiger partial charge in [0.05, 0.1) is 6.61 Å². The number of rotatable bonds is 5. The number of para-hydroxylation sites is 1. The summed E-state index contributed by atoms with van der Waals surface area (Å²) in [6.07, 6.45) is 3.51. The number of carbonyl (C=O) groups excluding carboxylic acids is 1. The number of fused-ring (bicyclic) bond motifs is 1. The summed E-state index contributed by atoms with van der Waals surface area (Å²) in [6.45, 7) is 7.25. The second kappa shape index (κ2) is 5.79. The molecule has 2 aliphatic rings. The average molecular weight is 300 g/mol. The minimum atomic E-state index is -0.297. The first-order valence-electron chi connectivity index (χ1n) is 8.00. The van der Waals surface area contributed by atoms with Crippen LogP contribution in [0.2, 0.25) is 0 Å². The second-order valence-corrected chi connectivity index (χ2v) is 7.08. The van der Waals surface area contributed by atoms with E-state index in [4.69, 9.17) is 9.47 Å². The lowest BCUT2D eigenvalue weighted by atomic mass is 9.89. The van der Waals surface area contributed by atoms with E-state index in [9.17, 15) is 4.79 Å². The predicted molar refractivity (Wildman–Crippen MR) is 85.5 cm³/mol. The largest absolute Gasteiger partial charge is 0.482 e. The molecule has 0 heterocycles. The highest BCUT2D eigenvalue weighted by molar-refractivity contribution is 5.71. The first kappa shape index (κ1) is 15.1. The third-order valence-corrected chi connectivity index (χ3v) is 5.31. The van der Waals surface area contributed by atoms with E-state index in [0.717, 1.165) is 18.3 Å². The number of carbonyl (C=O) groups is 1. The number of hydrogen-bond acceptors (Lipinski definition) is 3. The van der Waals surface area contributed by atoms with E-state index in [-0.39, 0.29) is 12.6 Å². The van der Waals surface area contributed by atoms with Crippen LogP contribution in [0.5, 0.6) is 5.75 Å². The topological polar surface area (TPSA) is 35.5 Å². The highest BCUT2D eigenvalue weighted by Gasteiger charge is 2.58. The average Bonchev–Trinajstić information content (AvgIpc) is 3.04. The van der Waals surface area contributed by atoms with Crippen molar-refractivity contribution < 1.29 is 14.3 Å². The monoisotopic (exact) mass is 300 g/mol. The molecule has 1 aromatic carbocycles. The van der Waals surface area contributed by atoms with Crippen LogP contribution in [-0.4, -0.2) is 19.2 Å². The molecule has 3 heteroatoms. The van der Waals surface area contributed by atoms with Gasteiger partial charge in [0.15, 0.2) is 6.61 Å². The van der Waals surface area contributed by atoms with Crippen LogP contribution < -0.4 is 4.74 Å². The van der Waals surface area contributed by atoms with E-state index in [0.29, 0.717) is 23.7 Å². The van der Waals surface area contributed by atoms with Crippen LogP contribution >= 0.6 is 0 Å². The third kappa shape index (κ3) is 3.03. The van der Waals surface area contributed by atoms with Crippen LogP contribution in [0.3, 0.4) is 0 Å². The van der Waals surface area contributed by atoms with Crippen LogP contribution in [0.25, 0.3) is 0 Å². The van der Waals surface area contributed by atoms with Gasteiger partial charge in [-0.2, -0.15) is 0 Å². The lowest BCUT2D eigenvalue weighted by Gasteiger charge is -2.21. The van der Waals surface area contributed by atoms with Gasteiger partial charge in [0, 0.05) is 5.92 Å². The summed E-state index contributed by atoms with van der Waals surface area (Å²) in [4.78, 5) is 11.8. The molecule has 118 valence electrons. The highest BCUT2D eigenvalue weighted by atomic mass is 16.6. The van der Waals surface area contributed by atoms with Gasteiger partial charge in [0.1, 0.15) is 5.75 Å². The van der Waals surface area contributed by atoms with Gasteiger partial charge in [-0.3, -0.25) is 0 Å². The quantitative estimate of drug-likeness (QED) is 0.612. The van der Waals surface area contributed by atoms with E-state index in [1.807, 2.05) is 30.3 Å². The molecule has 3 atom stereocenters. The lowest BCUT2D eigenvalue weighted by molar-refractivity contribution is -0.147. The molecule has 0 aliphatic heterocycles. The molecule has 22 heavy (non-hydrogen) atoms. The SMILES string of the molecule is CC1=CC2C(CC1COC(=O)COc1ccccc1)C2(C)C. The molecule has 0 spiro atoms. The van der Waals surface area contributed by atoms with E-state index < -0.39 is 0 Å². The van der Waals surface area contributed by atoms with Crippen LogP contribution in [0, 0.1) is 23.2 Å². The summed E-state index contributed by atoms with van der Waals surface area (Å²) in [5, 5.41) is 0.